The number of halogens is 2. The minimum Gasteiger partial charge on any atom is -0.507 e. The largest absolute Gasteiger partial charge is 0.507 e. The highest BCUT2D eigenvalue weighted by molar-refractivity contribution is 9.10. The van der Waals surface area contributed by atoms with Gasteiger partial charge < -0.3 is 5.11 Å². The van der Waals surface area contributed by atoms with E-state index in [9.17, 15) is 9.18 Å². The van der Waals surface area contributed by atoms with Gasteiger partial charge in [-0.25, -0.2) is 4.39 Å². The van der Waals surface area contributed by atoms with E-state index in [2.05, 4.69) is 15.9 Å². The monoisotopic (exact) mass is 232 g/mol. The zero-order valence-corrected chi connectivity index (χ0v) is 7.85. The van der Waals surface area contributed by atoms with Crippen LogP contribution in [0.1, 0.15) is 17.3 Å². The first-order valence-electron chi connectivity index (χ1n) is 3.21. The predicted molar refractivity (Wildman–Crippen MR) is 45.8 cm³/mol. The summed E-state index contributed by atoms with van der Waals surface area (Å²) in [7, 11) is 0. The fourth-order valence-corrected chi connectivity index (χ4v) is 1.15. The van der Waals surface area contributed by atoms with Crippen LogP contribution in [-0.2, 0) is 0 Å². The lowest BCUT2D eigenvalue weighted by atomic mass is 10.1. The van der Waals surface area contributed by atoms with E-state index in [-0.39, 0.29) is 21.6 Å². The molecule has 0 bridgehead atoms. The Morgan fingerprint density at radius 3 is 2.67 bits per heavy atom. The highest BCUT2D eigenvalue weighted by atomic mass is 79.9. The molecule has 1 rings (SSSR count). The Bertz CT molecular complexity index is 336. The molecule has 0 aromatic heterocycles. The van der Waals surface area contributed by atoms with E-state index in [1.807, 2.05) is 0 Å². The van der Waals surface area contributed by atoms with Gasteiger partial charge in [-0.3, -0.25) is 4.79 Å². The van der Waals surface area contributed by atoms with Gasteiger partial charge in [0.1, 0.15) is 11.6 Å². The maximum atomic E-state index is 12.8. The first kappa shape index (κ1) is 9.19. The molecule has 4 heteroatoms. The van der Waals surface area contributed by atoms with Gasteiger partial charge in [-0.1, -0.05) is 0 Å². The molecular formula is C8H6BrFO2. The summed E-state index contributed by atoms with van der Waals surface area (Å²) in [5.74, 6) is -1.13. The van der Waals surface area contributed by atoms with Crippen LogP contribution in [0, 0.1) is 5.82 Å². The van der Waals surface area contributed by atoms with Crippen molar-refractivity contribution >= 4 is 21.7 Å². The Balaban J connectivity index is 3.33. The lowest BCUT2D eigenvalue weighted by molar-refractivity contribution is 0.101. The molecule has 0 spiro atoms. The summed E-state index contributed by atoms with van der Waals surface area (Å²) in [5, 5.41) is 9.17. The molecule has 0 amide bonds. The number of hydrogen-bond donors (Lipinski definition) is 1. The molecule has 1 N–H and O–H groups in total. The fraction of sp³-hybridized carbons (Fsp3) is 0.125. The second-order valence-electron chi connectivity index (χ2n) is 2.34. The Morgan fingerprint density at radius 2 is 2.17 bits per heavy atom. The second-order valence-corrected chi connectivity index (χ2v) is 3.19. The predicted octanol–water partition coefficient (Wildman–Crippen LogP) is 2.50. The molecular weight excluding hydrogens is 227 g/mol. The van der Waals surface area contributed by atoms with Gasteiger partial charge in [0, 0.05) is 0 Å². The summed E-state index contributed by atoms with van der Waals surface area (Å²) >= 11 is 2.88. The summed E-state index contributed by atoms with van der Waals surface area (Å²) < 4.78 is 13.0. The van der Waals surface area contributed by atoms with E-state index in [1.165, 1.54) is 6.92 Å². The van der Waals surface area contributed by atoms with Gasteiger partial charge in [-0.05, 0) is 35.0 Å². The first-order chi connectivity index (χ1) is 5.52. The van der Waals surface area contributed by atoms with Crippen LogP contribution in [0.5, 0.6) is 5.75 Å². The standard InChI is InChI=1S/C8H6BrFO2/c1-4(11)5-2-7(10)6(9)3-8(5)12/h2-3,12H,1H3. The SMILES string of the molecule is CC(=O)c1cc(F)c(Br)cc1O. The van der Waals surface area contributed by atoms with Crippen LogP contribution >= 0.6 is 15.9 Å². The molecule has 0 aliphatic heterocycles. The number of carbonyl (C=O) groups excluding carboxylic acids is 1. The van der Waals surface area contributed by atoms with Crippen molar-refractivity contribution in [1.29, 1.82) is 0 Å². The van der Waals surface area contributed by atoms with Gasteiger partial charge in [0.2, 0.25) is 0 Å². The molecule has 1 aromatic carbocycles. The Labute approximate surface area is 77.2 Å². The molecule has 64 valence electrons. The summed E-state index contributed by atoms with van der Waals surface area (Å²) in [4.78, 5) is 10.8. The number of phenolic OH excluding ortho intramolecular Hbond substituents is 1. The van der Waals surface area contributed by atoms with Gasteiger partial charge >= 0.3 is 0 Å². The van der Waals surface area contributed by atoms with Gasteiger partial charge in [-0.15, -0.1) is 0 Å². The molecule has 0 aliphatic rings. The number of benzene rings is 1. The van der Waals surface area contributed by atoms with Crippen molar-refractivity contribution in [2.24, 2.45) is 0 Å². The third-order valence-corrected chi connectivity index (χ3v) is 2.03. The quantitative estimate of drug-likeness (QED) is 0.756. The van der Waals surface area contributed by atoms with Crippen molar-refractivity contribution < 1.29 is 14.3 Å². The van der Waals surface area contributed by atoms with E-state index < -0.39 is 5.82 Å². The Morgan fingerprint density at radius 1 is 1.58 bits per heavy atom. The number of Topliss-reactive ketones (excluding diaryl/α,β-unsaturated/α-hetero) is 1. The minimum absolute atomic E-state index is 0.00398. The third kappa shape index (κ3) is 1.64. The number of hydrogen-bond acceptors (Lipinski definition) is 2. The fourth-order valence-electron chi connectivity index (χ4n) is 0.818. The molecule has 2 nitrogen and oxygen atoms in total. The van der Waals surface area contributed by atoms with Gasteiger partial charge in [0.15, 0.2) is 5.78 Å². The van der Waals surface area contributed by atoms with Crippen molar-refractivity contribution in [3.8, 4) is 5.75 Å². The van der Waals surface area contributed by atoms with Crippen LogP contribution in [0.3, 0.4) is 0 Å². The van der Waals surface area contributed by atoms with Crippen molar-refractivity contribution in [3.63, 3.8) is 0 Å². The topological polar surface area (TPSA) is 37.3 Å². The number of carbonyl (C=O) groups is 1. The summed E-state index contributed by atoms with van der Waals surface area (Å²) in [6.07, 6.45) is 0. The molecule has 0 radical (unpaired) electrons. The highest BCUT2D eigenvalue weighted by Crippen LogP contribution is 2.25. The van der Waals surface area contributed by atoms with Crippen LogP contribution in [0.15, 0.2) is 16.6 Å². The molecule has 0 unspecified atom stereocenters. The molecule has 0 saturated heterocycles. The molecule has 0 heterocycles. The number of aromatic hydroxyl groups is 1. The Kier molecular flexibility index (Phi) is 2.47. The summed E-state index contributed by atoms with van der Waals surface area (Å²) in [6, 6.07) is 2.16. The Hall–Kier alpha value is -0.900. The number of rotatable bonds is 1. The molecule has 1 aromatic rings. The van der Waals surface area contributed by atoms with Crippen LogP contribution < -0.4 is 0 Å². The van der Waals surface area contributed by atoms with Crippen molar-refractivity contribution in [2.45, 2.75) is 6.92 Å². The lowest BCUT2D eigenvalue weighted by Crippen LogP contribution is -1.94. The van der Waals surface area contributed by atoms with Gasteiger partial charge in [0.25, 0.3) is 0 Å². The zero-order valence-electron chi connectivity index (χ0n) is 6.27. The number of phenols is 1. The van der Waals surface area contributed by atoms with Crippen molar-refractivity contribution in [3.05, 3.63) is 28.0 Å². The van der Waals surface area contributed by atoms with Gasteiger partial charge in [0.05, 0.1) is 10.0 Å². The third-order valence-electron chi connectivity index (χ3n) is 1.42. The normalized spacial score (nSPS) is 9.92. The summed E-state index contributed by atoms with van der Waals surface area (Å²) in [5.41, 5.74) is -0.00398. The van der Waals surface area contributed by atoms with E-state index in [4.69, 9.17) is 5.11 Å². The molecule has 0 atom stereocenters. The van der Waals surface area contributed by atoms with Gasteiger partial charge in [-0.2, -0.15) is 0 Å². The lowest BCUT2D eigenvalue weighted by Gasteiger charge is -2.01. The summed E-state index contributed by atoms with van der Waals surface area (Å²) in [6.45, 7) is 1.27. The van der Waals surface area contributed by atoms with E-state index in [0.29, 0.717) is 0 Å². The van der Waals surface area contributed by atoms with E-state index >= 15 is 0 Å². The molecule has 0 fully saturated rings. The van der Waals surface area contributed by atoms with Crippen LogP contribution in [0.2, 0.25) is 0 Å². The second kappa shape index (κ2) is 3.23. The average molecular weight is 233 g/mol. The molecule has 0 saturated carbocycles. The van der Waals surface area contributed by atoms with Crippen LogP contribution in [-0.4, -0.2) is 10.9 Å². The maximum absolute atomic E-state index is 12.8. The number of ketones is 1. The van der Waals surface area contributed by atoms with E-state index in [1.54, 1.807) is 0 Å². The van der Waals surface area contributed by atoms with Crippen LogP contribution in [0.25, 0.3) is 0 Å². The average Bonchev–Trinajstić information content (AvgIpc) is 1.96. The van der Waals surface area contributed by atoms with Crippen molar-refractivity contribution in [2.75, 3.05) is 0 Å². The maximum Gasteiger partial charge on any atom is 0.163 e. The first-order valence-corrected chi connectivity index (χ1v) is 4.00. The van der Waals surface area contributed by atoms with Crippen molar-refractivity contribution in [1.82, 2.24) is 0 Å². The zero-order chi connectivity index (χ0) is 9.30. The smallest absolute Gasteiger partial charge is 0.163 e. The molecule has 0 aliphatic carbocycles. The molecule has 12 heavy (non-hydrogen) atoms. The minimum atomic E-state index is -0.557. The van der Waals surface area contributed by atoms with Crippen LogP contribution in [0.4, 0.5) is 4.39 Å². The van der Waals surface area contributed by atoms with E-state index in [0.717, 1.165) is 12.1 Å². The highest BCUT2D eigenvalue weighted by Gasteiger charge is 2.10.